The zero-order valence-corrected chi connectivity index (χ0v) is 29.4. The molecular weight excluding hydrogens is 576 g/mol. The Hall–Kier alpha value is -3.98. The molecule has 0 bridgehead atoms. The Balaban J connectivity index is 3.96. The van der Waals surface area contributed by atoms with Crippen molar-refractivity contribution in [2.75, 3.05) is 0 Å². The van der Waals surface area contributed by atoms with E-state index in [4.69, 9.17) is 4.74 Å². The summed E-state index contributed by atoms with van der Waals surface area (Å²) in [4.78, 5) is 23.5. The Morgan fingerprint density at radius 2 is 0.596 bits per heavy atom. The van der Waals surface area contributed by atoms with Crippen molar-refractivity contribution in [1.82, 2.24) is 0 Å². The van der Waals surface area contributed by atoms with Crippen LogP contribution >= 0.6 is 0 Å². The molecule has 0 aromatic rings. The third kappa shape index (κ3) is 38.1. The molecule has 0 saturated carbocycles. The Kier molecular flexibility index (Phi) is 35.0. The molecule has 0 amide bonds. The highest BCUT2D eigenvalue weighted by molar-refractivity contribution is 5.96. The minimum absolute atomic E-state index is 0.715. The van der Waals surface area contributed by atoms with Crippen molar-refractivity contribution in [1.29, 1.82) is 0 Å². The first-order valence-electron chi connectivity index (χ1n) is 18.0. The van der Waals surface area contributed by atoms with E-state index in [1.54, 1.807) is 24.3 Å². The summed E-state index contributed by atoms with van der Waals surface area (Å²) in [6, 6.07) is 0. The van der Waals surface area contributed by atoms with Gasteiger partial charge in [-0.3, -0.25) is 0 Å². The summed E-state index contributed by atoms with van der Waals surface area (Å²) in [5, 5.41) is 0. The molecule has 256 valence electrons. The lowest BCUT2D eigenvalue weighted by molar-refractivity contribution is -0.152. The van der Waals surface area contributed by atoms with Gasteiger partial charge >= 0.3 is 11.9 Å². The molecule has 0 unspecified atom stereocenters. The van der Waals surface area contributed by atoms with Crippen LogP contribution in [0, 0.1) is 0 Å². The van der Waals surface area contributed by atoms with Crippen LogP contribution in [-0.4, -0.2) is 11.9 Å². The van der Waals surface area contributed by atoms with Gasteiger partial charge in [0.25, 0.3) is 0 Å². The van der Waals surface area contributed by atoms with Crippen LogP contribution in [0.25, 0.3) is 0 Å². The average molecular weight is 639 g/mol. The second-order valence-corrected chi connectivity index (χ2v) is 11.2. The predicted octanol–water partition coefficient (Wildman–Crippen LogP) is 13.0. The van der Waals surface area contributed by atoms with Gasteiger partial charge in [0.05, 0.1) is 0 Å². The van der Waals surface area contributed by atoms with Crippen molar-refractivity contribution < 1.29 is 14.3 Å². The molecule has 0 radical (unpaired) electrons. The smallest absolute Gasteiger partial charge is 0.338 e. The molecule has 0 aliphatic heterocycles. The van der Waals surface area contributed by atoms with Gasteiger partial charge in [-0.25, -0.2) is 9.59 Å². The van der Waals surface area contributed by atoms with Gasteiger partial charge in [0, 0.05) is 12.2 Å². The number of carbonyl (C=O) groups is 2. The maximum absolute atomic E-state index is 11.8. The molecule has 0 aromatic carbocycles. The summed E-state index contributed by atoms with van der Waals surface area (Å²) in [7, 11) is 0. The van der Waals surface area contributed by atoms with E-state index in [9.17, 15) is 9.59 Å². The van der Waals surface area contributed by atoms with Crippen LogP contribution in [0.5, 0.6) is 0 Å². The molecular formula is C44H62O3. The molecule has 3 nitrogen and oxygen atoms in total. The van der Waals surface area contributed by atoms with Gasteiger partial charge in [0.1, 0.15) is 0 Å². The summed E-state index contributed by atoms with van der Waals surface area (Å²) >= 11 is 0. The van der Waals surface area contributed by atoms with Crippen molar-refractivity contribution in [2.45, 2.75) is 117 Å². The number of hydrogen-bond acceptors (Lipinski definition) is 3. The van der Waals surface area contributed by atoms with E-state index in [2.05, 4.69) is 38.2 Å². The highest BCUT2D eigenvalue weighted by Gasteiger charge is 2.01. The second kappa shape index (κ2) is 38.2. The lowest BCUT2D eigenvalue weighted by atomic mass is 10.1. The van der Waals surface area contributed by atoms with Gasteiger partial charge in [-0.15, -0.1) is 0 Å². The van der Waals surface area contributed by atoms with Crippen LogP contribution in [0.1, 0.15) is 117 Å². The molecule has 0 heterocycles. The van der Waals surface area contributed by atoms with Gasteiger partial charge in [-0.1, -0.05) is 225 Å². The van der Waals surface area contributed by atoms with Crippen molar-refractivity contribution in [3.8, 4) is 0 Å². The van der Waals surface area contributed by atoms with Gasteiger partial charge in [-0.05, 0) is 25.7 Å². The number of carbonyl (C=O) groups excluding carboxylic acids is 2. The highest BCUT2D eigenvalue weighted by atomic mass is 16.6. The first kappa shape index (κ1) is 43.0. The number of ether oxygens (including phenoxy) is 1. The van der Waals surface area contributed by atoms with Crippen LogP contribution < -0.4 is 0 Å². The monoisotopic (exact) mass is 638 g/mol. The third-order valence-corrected chi connectivity index (χ3v) is 6.89. The van der Waals surface area contributed by atoms with E-state index < -0.39 is 11.9 Å². The van der Waals surface area contributed by atoms with E-state index >= 15 is 0 Å². The largest absolute Gasteiger partial charge is 0.387 e. The van der Waals surface area contributed by atoms with Crippen molar-refractivity contribution in [2.24, 2.45) is 0 Å². The molecule has 47 heavy (non-hydrogen) atoms. The third-order valence-electron chi connectivity index (χ3n) is 6.89. The fraction of sp³-hybridized carbons (Fsp3) is 0.409. The first-order chi connectivity index (χ1) is 23.2. The van der Waals surface area contributed by atoms with Crippen molar-refractivity contribution in [3.05, 3.63) is 146 Å². The van der Waals surface area contributed by atoms with E-state index in [0.717, 1.165) is 12.8 Å². The van der Waals surface area contributed by atoms with Gasteiger partial charge in [-0.2, -0.15) is 0 Å². The molecule has 0 spiro atoms. The predicted molar refractivity (Wildman–Crippen MR) is 206 cm³/mol. The van der Waals surface area contributed by atoms with Gasteiger partial charge < -0.3 is 4.74 Å². The molecule has 0 aliphatic rings. The maximum atomic E-state index is 11.8. The molecule has 0 rings (SSSR count). The minimum Gasteiger partial charge on any atom is -0.387 e. The topological polar surface area (TPSA) is 43.4 Å². The molecule has 0 fully saturated rings. The number of allylic oxidation sites excluding steroid dienone is 22. The lowest BCUT2D eigenvalue weighted by Gasteiger charge is -1.98. The fourth-order valence-electron chi connectivity index (χ4n) is 4.25. The van der Waals surface area contributed by atoms with Gasteiger partial charge in [0.15, 0.2) is 0 Å². The number of esters is 2. The van der Waals surface area contributed by atoms with Gasteiger partial charge in [0.2, 0.25) is 0 Å². The minimum atomic E-state index is -0.715. The summed E-state index contributed by atoms with van der Waals surface area (Å²) in [5.74, 6) is -1.43. The van der Waals surface area contributed by atoms with E-state index in [-0.39, 0.29) is 0 Å². The molecule has 0 atom stereocenters. The quantitative estimate of drug-likeness (QED) is 0.0281. The normalized spacial score (nSPS) is 13.4. The SMILES string of the molecule is CCCCCCCCC/C=C/C=C/C=C/C=C/C=C/C=C/C(=O)OC(=O)/C=C/C=C/C=C/C=C/C=C/C=C/CCCCCCCCC. The Morgan fingerprint density at radius 3 is 0.915 bits per heavy atom. The van der Waals surface area contributed by atoms with E-state index in [0.29, 0.717) is 0 Å². The number of rotatable bonds is 28. The Labute approximate surface area is 288 Å². The van der Waals surface area contributed by atoms with Crippen molar-refractivity contribution in [3.63, 3.8) is 0 Å². The van der Waals surface area contributed by atoms with E-state index in [1.807, 2.05) is 72.9 Å². The number of hydrogen-bond donors (Lipinski definition) is 0. The summed E-state index contributed by atoms with van der Waals surface area (Å²) < 4.78 is 4.72. The summed E-state index contributed by atoms with van der Waals surface area (Å²) in [6.07, 6.45) is 65.5. The highest BCUT2D eigenvalue weighted by Crippen LogP contribution is 2.09. The Bertz CT molecular complexity index is 1020. The molecule has 0 N–H and O–H groups in total. The average Bonchev–Trinajstić information content (AvgIpc) is 3.06. The fourth-order valence-corrected chi connectivity index (χ4v) is 4.25. The Morgan fingerprint density at radius 1 is 0.340 bits per heavy atom. The van der Waals surface area contributed by atoms with Crippen LogP contribution in [0.15, 0.2) is 146 Å². The van der Waals surface area contributed by atoms with Crippen LogP contribution in [0.2, 0.25) is 0 Å². The van der Waals surface area contributed by atoms with Crippen LogP contribution in [0.4, 0.5) is 0 Å². The molecule has 0 aromatic heterocycles. The zero-order valence-electron chi connectivity index (χ0n) is 29.4. The molecule has 0 aliphatic carbocycles. The summed E-state index contributed by atoms with van der Waals surface area (Å²) in [5.41, 5.74) is 0. The number of unbranched alkanes of at least 4 members (excludes halogenated alkanes) is 14. The zero-order chi connectivity index (χ0) is 34.1. The van der Waals surface area contributed by atoms with Crippen molar-refractivity contribution >= 4 is 11.9 Å². The van der Waals surface area contributed by atoms with Crippen LogP contribution in [-0.2, 0) is 14.3 Å². The second-order valence-electron chi connectivity index (χ2n) is 11.2. The lowest BCUT2D eigenvalue weighted by Crippen LogP contribution is -2.06. The molecule has 3 heteroatoms. The first-order valence-corrected chi connectivity index (χ1v) is 18.0. The molecule has 0 saturated heterocycles. The van der Waals surface area contributed by atoms with E-state index in [1.165, 1.54) is 114 Å². The summed E-state index contributed by atoms with van der Waals surface area (Å²) in [6.45, 7) is 4.51. The maximum Gasteiger partial charge on any atom is 0.338 e. The van der Waals surface area contributed by atoms with Crippen LogP contribution in [0.3, 0.4) is 0 Å². The standard InChI is InChI=1S/C44H62O3/c1-3-5-7-9-11-13-15-17-19-21-23-25-27-29-31-33-35-37-39-41-43(45)47-44(46)42-40-38-36-34-32-30-28-26-24-22-20-18-16-14-12-10-8-6-4-2/h19-42H,3-18H2,1-2H3/b21-19+,22-20+,25-23+,26-24+,29-27+,30-28+,33-31+,34-32+,37-35+,38-36+,41-39+,42-40+.